The van der Waals surface area contributed by atoms with Crippen LogP contribution < -0.4 is 24.4 Å². The molecule has 12 heteroatoms. The fourth-order valence-electron chi connectivity index (χ4n) is 4.45. The van der Waals surface area contributed by atoms with Crippen molar-refractivity contribution in [3.8, 4) is 17.2 Å². The van der Waals surface area contributed by atoms with Crippen LogP contribution in [-0.2, 0) is 32.7 Å². The van der Waals surface area contributed by atoms with Crippen molar-refractivity contribution in [1.29, 1.82) is 0 Å². The highest BCUT2D eigenvalue weighted by atomic mass is 32.2. The highest BCUT2D eigenvalue weighted by Crippen LogP contribution is 2.36. The van der Waals surface area contributed by atoms with E-state index in [9.17, 15) is 18.0 Å². The molecule has 4 aromatic rings. The van der Waals surface area contributed by atoms with Crippen LogP contribution in [0.3, 0.4) is 0 Å². The molecule has 0 spiro atoms. The lowest BCUT2D eigenvalue weighted by Crippen LogP contribution is -2.36. The average Bonchev–Trinajstić information content (AvgIpc) is 3.52. The zero-order chi connectivity index (χ0) is 31.6. The van der Waals surface area contributed by atoms with Crippen molar-refractivity contribution in [2.75, 3.05) is 6.79 Å². The minimum atomic E-state index is -4.19. The van der Waals surface area contributed by atoms with Crippen molar-refractivity contribution in [2.45, 2.75) is 32.5 Å². The quantitative estimate of drug-likeness (QED) is 0.198. The number of hydrogen-bond acceptors (Lipinski definition) is 9. The molecule has 0 saturated carbocycles. The Bertz CT molecular complexity index is 1780. The molecule has 2 heterocycles. The minimum Gasteiger partial charge on any atom is -0.475 e. The normalized spacial score (nSPS) is 12.9. The molecule has 1 atom stereocenters. The number of fused-ring (bicyclic) bond motifs is 1. The number of ether oxygens (including phenoxy) is 3. The van der Waals surface area contributed by atoms with Gasteiger partial charge in [0.2, 0.25) is 12.9 Å². The van der Waals surface area contributed by atoms with E-state index in [-0.39, 0.29) is 13.4 Å². The number of rotatable bonds is 13. The van der Waals surface area contributed by atoms with Crippen LogP contribution in [0, 0.1) is 0 Å². The number of amides is 2. The van der Waals surface area contributed by atoms with Gasteiger partial charge in [-0.3, -0.25) is 19.4 Å². The molecule has 5 rings (SSSR count). The Morgan fingerprint density at radius 3 is 2.56 bits per heavy atom. The van der Waals surface area contributed by atoms with Gasteiger partial charge >= 0.3 is 0 Å². The molecule has 1 unspecified atom stereocenters. The lowest BCUT2D eigenvalue weighted by molar-refractivity contribution is -0.126. The van der Waals surface area contributed by atoms with E-state index in [1.165, 1.54) is 12.1 Å². The number of nitrogens with one attached hydrogen (secondary N) is 2. The van der Waals surface area contributed by atoms with Crippen LogP contribution in [0.4, 0.5) is 0 Å². The van der Waals surface area contributed by atoms with Crippen molar-refractivity contribution in [3.05, 3.63) is 124 Å². The second-order valence-corrected chi connectivity index (χ2v) is 11.5. The summed E-state index contributed by atoms with van der Waals surface area (Å²) in [4.78, 5) is 35.8. The zero-order valence-electron chi connectivity index (χ0n) is 24.3. The molecule has 11 nitrogen and oxygen atoms in total. The first kappa shape index (κ1) is 31.2. The molecule has 0 saturated heterocycles. The van der Waals surface area contributed by atoms with E-state index in [0.717, 1.165) is 5.41 Å². The lowest BCUT2D eigenvalue weighted by Gasteiger charge is -2.21. The molecular weight excluding hydrogens is 598 g/mol. The Morgan fingerprint density at radius 1 is 0.978 bits per heavy atom. The third-order valence-corrected chi connectivity index (χ3v) is 7.60. The summed E-state index contributed by atoms with van der Waals surface area (Å²) in [5.74, 6) is -0.205. The summed E-state index contributed by atoms with van der Waals surface area (Å²) in [5, 5.41) is 0.919. The Morgan fingerprint density at radius 2 is 1.78 bits per heavy atom. The Labute approximate surface area is 260 Å². The maximum absolute atomic E-state index is 13.5. The lowest BCUT2D eigenvalue weighted by atomic mass is 10.0. The maximum atomic E-state index is 13.5. The van der Waals surface area contributed by atoms with Gasteiger partial charge in [-0.05, 0) is 66.1 Å². The van der Waals surface area contributed by atoms with Gasteiger partial charge in [0.15, 0.2) is 11.5 Å². The van der Waals surface area contributed by atoms with Crippen LogP contribution >= 0.6 is 0 Å². The van der Waals surface area contributed by atoms with Crippen LogP contribution in [-0.4, -0.2) is 32.0 Å². The van der Waals surface area contributed by atoms with E-state index in [4.69, 9.17) is 19.0 Å². The second-order valence-electron chi connectivity index (χ2n) is 9.95. The number of aromatic nitrogens is 1. The van der Waals surface area contributed by atoms with Crippen LogP contribution in [0.5, 0.6) is 17.2 Å². The standard InChI is InChI=1S/C33H31N3O8S/c1-2-8-24-19-26(32(37)35-43-21-27-11-6-7-17-34-27)13-14-28(24)44-31(25-12-15-29-30(20-25)42-22-41-29)33(38)36-45(39,40)18-16-23-9-4-3-5-10-23/h3-7,9-20,31H,2,8,21-22H2,1H3,(H,35,37)(H,36,38)/b18-16+. The third-order valence-electron chi connectivity index (χ3n) is 6.62. The Balaban J connectivity index is 1.37. The number of carbonyl (C=O) groups excluding carboxylic acids is 2. The van der Waals surface area contributed by atoms with Gasteiger partial charge in [-0.15, -0.1) is 0 Å². The smallest absolute Gasteiger partial charge is 0.279 e. The summed E-state index contributed by atoms with van der Waals surface area (Å²) in [6.07, 6.45) is 2.84. The third kappa shape index (κ3) is 8.46. The molecule has 0 bridgehead atoms. The van der Waals surface area contributed by atoms with Crippen LogP contribution in [0.1, 0.15) is 52.2 Å². The highest BCUT2D eigenvalue weighted by Gasteiger charge is 2.29. The van der Waals surface area contributed by atoms with Crippen molar-refractivity contribution < 1.29 is 37.1 Å². The molecular formula is C33H31N3O8S. The fourth-order valence-corrected chi connectivity index (χ4v) is 5.25. The van der Waals surface area contributed by atoms with Gasteiger partial charge in [-0.2, -0.15) is 0 Å². The summed E-state index contributed by atoms with van der Waals surface area (Å²) in [7, 11) is -4.19. The zero-order valence-corrected chi connectivity index (χ0v) is 25.2. The molecule has 45 heavy (non-hydrogen) atoms. The maximum Gasteiger partial charge on any atom is 0.279 e. The monoisotopic (exact) mass is 629 g/mol. The van der Waals surface area contributed by atoms with E-state index in [1.54, 1.807) is 72.9 Å². The number of pyridine rings is 1. The first-order chi connectivity index (χ1) is 21.8. The molecule has 1 aromatic heterocycles. The van der Waals surface area contributed by atoms with E-state index in [1.807, 2.05) is 19.1 Å². The first-order valence-electron chi connectivity index (χ1n) is 14.1. The van der Waals surface area contributed by atoms with Gasteiger partial charge in [-0.25, -0.2) is 18.6 Å². The molecule has 3 aromatic carbocycles. The number of sulfonamides is 1. The van der Waals surface area contributed by atoms with Crippen molar-refractivity contribution in [1.82, 2.24) is 15.2 Å². The molecule has 232 valence electrons. The topological polar surface area (TPSA) is 142 Å². The Hall–Kier alpha value is -5.20. The van der Waals surface area contributed by atoms with Gasteiger partial charge < -0.3 is 14.2 Å². The average molecular weight is 630 g/mol. The molecule has 2 amide bonds. The molecule has 0 radical (unpaired) electrons. The van der Waals surface area contributed by atoms with Gasteiger partial charge in [0.25, 0.3) is 21.8 Å². The molecule has 0 fully saturated rings. The van der Waals surface area contributed by atoms with Crippen molar-refractivity contribution in [2.24, 2.45) is 0 Å². The second kappa shape index (κ2) is 14.5. The van der Waals surface area contributed by atoms with E-state index in [2.05, 4.69) is 15.2 Å². The number of benzene rings is 3. The van der Waals surface area contributed by atoms with E-state index in [0.29, 0.717) is 58.0 Å². The summed E-state index contributed by atoms with van der Waals surface area (Å²) >= 11 is 0. The van der Waals surface area contributed by atoms with Gasteiger partial charge in [-0.1, -0.05) is 55.8 Å². The number of carbonyl (C=O) groups is 2. The summed E-state index contributed by atoms with van der Waals surface area (Å²) < 4.78 is 44.9. The highest BCUT2D eigenvalue weighted by molar-refractivity contribution is 7.93. The fraction of sp³-hybridized carbons (Fsp3) is 0.182. The molecule has 1 aliphatic heterocycles. The summed E-state index contributed by atoms with van der Waals surface area (Å²) in [5.41, 5.74) is 5.00. The van der Waals surface area contributed by atoms with Gasteiger partial charge in [0, 0.05) is 17.3 Å². The summed E-state index contributed by atoms with van der Waals surface area (Å²) in [6.45, 7) is 2.07. The first-order valence-corrected chi connectivity index (χ1v) is 15.7. The van der Waals surface area contributed by atoms with E-state index < -0.39 is 27.9 Å². The van der Waals surface area contributed by atoms with Gasteiger partial charge in [0.05, 0.1) is 11.1 Å². The van der Waals surface area contributed by atoms with Crippen molar-refractivity contribution >= 4 is 27.9 Å². The SMILES string of the molecule is CCCc1cc(C(=O)NOCc2ccccn2)ccc1OC(C(=O)NS(=O)(=O)/C=C/c1ccccc1)c1ccc2c(c1)OCO2. The summed E-state index contributed by atoms with van der Waals surface area (Å²) in [6, 6.07) is 23.7. The number of hydrogen-bond donors (Lipinski definition) is 2. The number of aryl methyl sites for hydroxylation is 1. The predicted octanol–water partition coefficient (Wildman–Crippen LogP) is 4.86. The molecule has 2 N–H and O–H groups in total. The van der Waals surface area contributed by atoms with Crippen LogP contribution in [0.25, 0.3) is 6.08 Å². The van der Waals surface area contributed by atoms with Crippen molar-refractivity contribution in [3.63, 3.8) is 0 Å². The molecule has 0 aliphatic carbocycles. The van der Waals surface area contributed by atoms with E-state index >= 15 is 0 Å². The largest absolute Gasteiger partial charge is 0.475 e. The predicted molar refractivity (Wildman–Crippen MR) is 165 cm³/mol. The Kier molecular flexibility index (Phi) is 10.1. The minimum absolute atomic E-state index is 0.0188. The van der Waals surface area contributed by atoms with Gasteiger partial charge in [0.1, 0.15) is 12.4 Å². The number of hydroxylamine groups is 1. The van der Waals surface area contributed by atoms with Crippen LogP contribution in [0.2, 0.25) is 0 Å². The van der Waals surface area contributed by atoms with Crippen LogP contribution in [0.15, 0.2) is 96.5 Å². The molecule has 1 aliphatic rings. The number of nitrogens with zero attached hydrogens (tertiary/aromatic N) is 1.